The van der Waals surface area contributed by atoms with Gasteiger partial charge in [0, 0.05) is 12.1 Å². The standard InChI is InChI=1S/C18H21N2O/c1-13(2)17-11-14(21-15-8-10-19-12-15)6-7-16(17)18-5-3-4-9-20-18/h3-7,11,13,15,19H,8,10,12H2,1-2H3. The Bertz CT molecular complexity index is 589. The second kappa shape index (κ2) is 6.27. The lowest BCUT2D eigenvalue weighted by Gasteiger charge is -2.17. The maximum absolute atomic E-state index is 6.07. The summed E-state index contributed by atoms with van der Waals surface area (Å²) in [6, 6.07) is 12.1. The summed E-state index contributed by atoms with van der Waals surface area (Å²) in [4.78, 5) is 4.35. The van der Waals surface area contributed by atoms with Crippen molar-refractivity contribution in [2.45, 2.75) is 32.3 Å². The maximum Gasteiger partial charge on any atom is 0.120 e. The molecule has 0 saturated carbocycles. The molecule has 109 valence electrons. The van der Waals surface area contributed by atoms with Gasteiger partial charge in [0.2, 0.25) is 0 Å². The zero-order chi connectivity index (χ0) is 14.7. The van der Waals surface area contributed by atoms with Crippen LogP contribution in [0, 0.1) is 6.20 Å². The van der Waals surface area contributed by atoms with Gasteiger partial charge in [-0.1, -0.05) is 19.9 Å². The largest absolute Gasteiger partial charge is 0.489 e. The summed E-state index contributed by atoms with van der Waals surface area (Å²) >= 11 is 0. The van der Waals surface area contributed by atoms with Crippen LogP contribution in [0.3, 0.4) is 0 Å². The van der Waals surface area contributed by atoms with Gasteiger partial charge in [-0.25, -0.2) is 4.98 Å². The van der Waals surface area contributed by atoms with Crippen molar-refractivity contribution in [2.24, 2.45) is 0 Å². The average molecular weight is 281 g/mol. The highest BCUT2D eigenvalue weighted by molar-refractivity contribution is 5.65. The quantitative estimate of drug-likeness (QED) is 0.932. The predicted molar refractivity (Wildman–Crippen MR) is 84.5 cm³/mol. The Balaban J connectivity index is 1.91. The lowest BCUT2D eigenvalue weighted by molar-refractivity contribution is 0.223. The number of ether oxygens (including phenoxy) is 1. The van der Waals surface area contributed by atoms with E-state index in [9.17, 15) is 0 Å². The number of hydrogen-bond donors (Lipinski definition) is 1. The molecule has 0 aliphatic carbocycles. The third-order valence-corrected chi connectivity index (χ3v) is 3.85. The van der Waals surface area contributed by atoms with Crippen LogP contribution in [0.5, 0.6) is 5.75 Å². The van der Waals surface area contributed by atoms with Gasteiger partial charge in [0.05, 0.1) is 11.9 Å². The van der Waals surface area contributed by atoms with Crippen molar-refractivity contribution >= 4 is 0 Å². The van der Waals surface area contributed by atoms with Gasteiger partial charge in [-0.3, -0.25) is 0 Å². The molecule has 1 fully saturated rings. The van der Waals surface area contributed by atoms with E-state index >= 15 is 0 Å². The fourth-order valence-corrected chi connectivity index (χ4v) is 2.72. The molecule has 3 heteroatoms. The maximum atomic E-state index is 6.07. The molecule has 21 heavy (non-hydrogen) atoms. The number of hydrogen-bond acceptors (Lipinski definition) is 3. The van der Waals surface area contributed by atoms with Crippen LogP contribution < -0.4 is 10.1 Å². The third kappa shape index (κ3) is 3.24. The van der Waals surface area contributed by atoms with Gasteiger partial charge in [0.1, 0.15) is 11.9 Å². The number of rotatable bonds is 4. The van der Waals surface area contributed by atoms with E-state index in [1.807, 2.05) is 24.3 Å². The minimum absolute atomic E-state index is 0.291. The zero-order valence-electron chi connectivity index (χ0n) is 12.6. The zero-order valence-corrected chi connectivity index (χ0v) is 12.6. The van der Waals surface area contributed by atoms with Crippen LogP contribution >= 0.6 is 0 Å². The molecule has 1 aliphatic heterocycles. The summed E-state index contributed by atoms with van der Waals surface area (Å²) in [6.45, 7) is 6.39. The first-order chi connectivity index (χ1) is 10.2. The van der Waals surface area contributed by atoms with Crippen molar-refractivity contribution in [2.75, 3.05) is 13.1 Å². The summed E-state index contributed by atoms with van der Waals surface area (Å²) in [7, 11) is 0. The van der Waals surface area contributed by atoms with Crippen molar-refractivity contribution in [1.82, 2.24) is 10.3 Å². The molecule has 0 spiro atoms. The first-order valence-corrected chi connectivity index (χ1v) is 7.59. The summed E-state index contributed by atoms with van der Waals surface area (Å²) in [5, 5.41) is 3.33. The normalized spacial score (nSPS) is 18.1. The van der Waals surface area contributed by atoms with E-state index in [1.54, 1.807) is 0 Å². The number of pyridine rings is 1. The van der Waals surface area contributed by atoms with Crippen molar-refractivity contribution in [1.29, 1.82) is 0 Å². The van der Waals surface area contributed by atoms with Gasteiger partial charge in [-0.2, -0.15) is 0 Å². The summed E-state index contributed by atoms with van der Waals surface area (Å²) in [5.74, 6) is 1.38. The highest BCUT2D eigenvalue weighted by Crippen LogP contribution is 2.31. The molecule has 1 aromatic heterocycles. The topological polar surface area (TPSA) is 34.1 Å². The summed E-state index contributed by atoms with van der Waals surface area (Å²) in [6.07, 6.45) is 4.28. The van der Waals surface area contributed by atoms with Crippen molar-refractivity contribution < 1.29 is 4.74 Å². The molecule has 0 amide bonds. The molecule has 1 aromatic carbocycles. The second-order valence-electron chi connectivity index (χ2n) is 5.79. The van der Waals surface area contributed by atoms with E-state index in [0.717, 1.165) is 31.0 Å². The van der Waals surface area contributed by atoms with Crippen LogP contribution in [0.2, 0.25) is 0 Å². The molecular weight excluding hydrogens is 260 g/mol. The number of aromatic nitrogens is 1. The third-order valence-electron chi connectivity index (χ3n) is 3.85. The van der Waals surface area contributed by atoms with Crippen molar-refractivity contribution in [3.63, 3.8) is 0 Å². The van der Waals surface area contributed by atoms with E-state index in [2.05, 4.69) is 42.5 Å². The van der Waals surface area contributed by atoms with Gasteiger partial charge >= 0.3 is 0 Å². The van der Waals surface area contributed by atoms with Gasteiger partial charge < -0.3 is 10.1 Å². The molecule has 1 aliphatic rings. The molecule has 1 atom stereocenters. The lowest BCUT2D eigenvalue weighted by Crippen LogP contribution is -2.19. The SMILES string of the molecule is CC(C)c1cc(OC2CCNC2)ccc1-c1ccc[c]n1. The Kier molecular flexibility index (Phi) is 4.20. The Morgan fingerprint density at radius 1 is 1.33 bits per heavy atom. The molecule has 0 bridgehead atoms. The van der Waals surface area contributed by atoms with Crippen LogP contribution in [-0.4, -0.2) is 24.2 Å². The Morgan fingerprint density at radius 2 is 2.24 bits per heavy atom. The highest BCUT2D eigenvalue weighted by atomic mass is 16.5. The van der Waals surface area contributed by atoms with Crippen LogP contribution in [0.1, 0.15) is 31.7 Å². The van der Waals surface area contributed by atoms with E-state index in [1.165, 1.54) is 11.1 Å². The van der Waals surface area contributed by atoms with E-state index in [0.29, 0.717) is 12.0 Å². The minimum atomic E-state index is 0.291. The Hall–Kier alpha value is -1.87. The molecule has 1 unspecified atom stereocenters. The molecule has 2 heterocycles. The fourth-order valence-electron chi connectivity index (χ4n) is 2.72. The minimum Gasteiger partial charge on any atom is -0.489 e. The van der Waals surface area contributed by atoms with Crippen molar-refractivity contribution in [3.8, 4) is 17.0 Å². The van der Waals surface area contributed by atoms with Gasteiger partial charge in [0.15, 0.2) is 0 Å². The van der Waals surface area contributed by atoms with Gasteiger partial charge in [-0.05, 0) is 54.8 Å². The van der Waals surface area contributed by atoms with Gasteiger partial charge in [0.25, 0.3) is 0 Å². The average Bonchev–Trinajstić information content (AvgIpc) is 3.01. The van der Waals surface area contributed by atoms with Crippen molar-refractivity contribution in [3.05, 3.63) is 48.2 Å². The molecule has 3 rings (SSSR count). The lowest BCUT2D eigenvalue weighted by atomic mass is 9.94. The van der Waals surface area contributed by atoms with E-state index in [-0.39, 0.29) is 0 Å². The molecular formula is C18H21N2O. The second-order valence-corrected chi connectivity index (χ2v) is 5.79. The van der Waals surface area contributed by atoms with Crippen LogP contribution in [0.25, 0.3) is 11.3 Å². The van der Waals surface area contributed by atoms with Crippen LogP contribution in [0.15, 0.2) is 36.4 Å². The summed E-state index contributed by atoms with van der Waals surface area (Å²) in [5.41, 5.74) is 3.40. The van der Waals surface area contributed by atoms with Crippen LogP contribution in [-0.2, 0) is 0 Å². The monoisotopic (exact) mass is 281 g/mol. The number of nitrogens with zero attached hydrogens (tertiary/aromatic N) is 1. The highest BCUT2D eigenvalue weighted by Gasteiger charge is 2.17. The number of benzene rings is 1. The van der Waals surface area contributed by atoms with Crippen LogP contribution in [0.4, 0.5) is 0 Å². The van der Waals surface area contributed by atoms with E-state index < -0.39 is 0 Å². The number of nitrogens with one attached hydrogen (secondary N) is 1. The van der Waals surface area contributed by atoms with E-state index in [4.69, 9.17) is 4.74 Å². The molecule has 3 nitrogen and oxygen atoms in total. The Labute approximate surface area is 126 Å². The molecule has 1 radical (unpaired) electrons. The first-order valence-electron chi connectivity index (χ1n) is 7.59. The van der Waals surface area contributed by atoms with Gasteiger partial charge in [-0.15, -0.1) is 0 Å². The predicted octanol–water partition coefficient (Wildman–Crippen LogP) is 3.41. The molecule has 2 aromatic rings. The smallest absolute Gasteiger partial charge is 0.120 e. The molecule has 1 saturated heterocycles. The molecule has 1 N–H and O–H groups in total. The Morgan fingerprint density at radius 3 is 2.90 bits per heavy atom. The first kappa shape index (κ1) is 14.1. The fraction of sp³-hybridized carbons (Fsp3) is 0.389. The summed E-state index contributed by atoms with van der Waals surface area (Å²) < 4.78 is 6.07.